The fourth-order valence-corrected chi connectivity index (χ4v) is 2.37. The molecule has 11 nitrogen and oxygen atoms in total. The molecule has 0 aliphatic heterocycles. The number of methoxy groups -OCH3 is 1. The summed E-state index contributed by atoms with van der Waals surface area (Å²) in [7, 11) is 1.35. The van der Waals surface area contributed by atoms with Gasteiger partial charge in [0.1, 0.15) is 5.75 Å². The molecule has 0 aliphatic rings. The monoisotopic (exact) mass is 416 g/mol. The lowest BCUT2D eigenvalue weighted by atomic mass is 10.1. The molecule has 2 rings (SSSR count). The molecule has 4 N–H and O–H groups in total. The third kappa shape index (κ3) is 5.92. The van der Waals surface area contributed by atoms with E-state index in [4.69, 9.17) is 15.2 Å². The van der Waals surface area contributed by atoms with Gasteiger partial charge in [-0.2, -0.15) is 0 Å². The first-order valence-electron chi connectivity index (χ1n) is 8.67. The van der Waals surface area contributed by atoms with E-state index in [-0.39, 0.29) is 29.2 Å². The number of carbonyl (C=O) groups excluding carboxylic acids is 3. The van der Waals surface area contributed by atoms with Crippen molar-refractivity contribution in [1.82, 2.24) is 5.32 Å². The van der Waals surface area contributed by atoms with Gasteiger partial charge in [-0.1, -0.05) is 12.1 Å². The number of primary amides is 1. The average molecular weight is 416 g/mol. The number of anilines is 1. The number of nitro groups is 1. The molecule has 0 aromatic heterocycles. The van der Waals surface area contributed by atoms with Gasteiger partial charge >= 0.3 is 12.0 Å². The van der Waals surface area contributed by atoms with Crippen LogP contribution in [0.1, 0.15) is 22.8 Å². The molecule has 30 heavy (non-hydrogen) atoms. The molecule has 0 saturated heterocycles. The second-order valence-electron chi connectivity index (χ2n) is 6.09. The number of esters is 1. The molecule has 2 aromatic carbocycles. The number of rotatable bonds is 8. The molecule has 0 radical (unpaired) electrons. The minimum absolute atomic E-state index is 0.0749. The van der Waals surface area contributed by atoms with Crippen LogP contribution in [0.5, 0.6) is 5.75 Å². The van der Waals surface area contributed by atoms with Crippen molar-refractivity contribution >= 4 is 29.3 Å². The SMILES string of the molecule is COc1ccc([N+](=O)[O-])cc1NC(=O)C(C)OC(=O)c1ccc(CNC(N)=O)cc1. The molecule has 11 heteroatoms. The largest absolute Gasteiger partial charge is 0.495 e. The van der Waals surface area contributed by atoms with Gasteiger partial charge in [0.25, 0.3) is 11.6 Å². The minimum atomic E-state index is -1.18. The van der Waals surface area contributed by atoms with E-state index < -0.39 is 28.9 Å². The Labute approximate surface area is 171 Å². The van der Waals surface area contributed by atoms with E-state index in [9.17, 15) is 24.5 Å². The molecule has 0 spiro atoms. The Kier molecular flexibility index (Phi) is 7.28. The van der Waals surface area contributed by atoms with Gasteiger partial charge in [-0.3, -0.25) is 14.9 Å². The standard InChI is InChI=1S/C19H20N4O7/c1-11(17(24)22-15-9-14(23(27)28)7-8-16(15)29-2)30-18(25)13-5-3-12(4-6-13)10-21-19(20)26/h3-9,11H,10H2,1-2H3,(H,22,24)(H3,20,21,26). The molecule has 0 saturated carbocycles. The number of benzene rings is 2. The first-order valence-corrected chi connectivity index (χ1v) is 8.67. The Morgan fingerprint density at radius 2 is 1.83 bits per heavy atom. The Balaban J connectivity index is 2.01. The molecule has 0 heterocycles. The Hall–Kier alpha value is -4.15. The highest BCUT2D eigenvalue weighted by atomic mass is 16.6. The van der Waals surface area contributed by atoms with E-state index in [0.717, 1.165) is 6.07 Å². The van der Waals surface area contributed by atoms with Crippen molar-refractivity contribution in [2.45, 2.75) is 19.6 Å². The molecule has 3 amide bonds. The normalized spacial score (nSPS) is 11.1. The topological polar surface area (TPSA) is 163 Å². The molecule has 0 fully saturated rings. The van der Waals surface area contributed by atoms with Gasteiger partial charge in [0, 0.05) is 18.7 Å². The summed E-state index contributed by atoms with van der Waals surface area (Å²) in [6, 6.07) is 9.22. The molecular weight excluding hydrogens is 396 g/mol. The van der Waals surface area contributed by atoms with Crippen LogP contribution in [0, 0.1) is 10.1 Å². The van der Waals surface area contributed by atoms with Crippen molar-refractivity contribution in [3.8, 4) is 5.75 Å². The van der Waals surface area contributed by atoms with Gasteiger partial charge in [0.2, 0.25) is 0 Å². The fourth-order valence-electron chi connectivity index (χ4n) is 2.37. The number of hydrogen-bond acceptors (Lipinski definition) is 7. The van der Waals surface area contributed by atoms with Gasteiger partial charge < -0.3 is 25.8 Å². The van der Waals surface area contributed by atoms with Crippen molar-refractivity contribution in [2.75, 3.05) is 12.4 Å². The zero-order chi connectivity index (χ0) is 22.3. The maximum absolute atomic E-state index is 12.4. The van der Waals surface area contributed by atoms with Crippen molar-refractivity contribution in [2.24, 2.45) is 5.73 Å². The van der Waals surface area contributed by atoms with Gasteiger partial charge in [0.15, 0.2) is 6.10 Å². The molecule has 158 valence electrons. The molecule has 0 aliphatic carbocycles. The summed E-state index contributed by atoms with van der Waals surface area (Å²) < 4.78 is 10.2. The summed E-state index contributed by atoms with van der Waals surface area (Å²) in [5.74, 6) is -1.21. The summed E-state index contributed by atoms with van der Waals surface area (Å²) in [6.07, 6.45) is -1.18. The quantitative estimate of drug-likeness (QED) is 0.336. The summed E-state index contributed by atoms with van der Waals surface area (Å²) in [5.41, 5.74) is 5.75. The predicted octanol–water partition coefficient (Wildman–Crippen LogP) is 1.96. The van der Waals surface area contributed by atoms with Gasteiger partial charge in [-0.25, -0.2) is 9.59 Å². The van der Waals surface area contributed by atoms with Crippen LogP contribution in [0.4, 0.5) is 16.2 Å². The highest BCUT2D eigenvalue weighted by molar-refractivity contribution is 5.98. The highest BCUT2D eigenvalue weighted by Gasteiger charge is 2.21. The smallest absolute Gasteiger partial charge is 0.338 e. The number of nitrogens with one attached hydrogen (secondary N) is 2. The molecular formula is C19H20N4O7. The molecule has 1 atom stereocenters. The molecule has 1 unspecified atom stereocenters. The van der Waals surface area contributed by atoms with Crippen LogP contribution >= 0.6 is 0 Å². The number of non-ortho nitro benzene ring substituents is 1. The summed E-state index contributed by atoms with van der Waals surface area (Å²) in [6.45, 7) is 1.57. The number of amides is 3. The number of hydrogen-bond donors (Lipinski definition) is 3. The van der Waals surface area contributed by atoms with Crippen LogP contribution in [0.3, 0.4) is 0 Å². The highest BCUT2D eigenvalue weighted by Crippen LogP contribution is 2.29. The zero-order valence-electron chi connectivity index (χ0n) is 16.2. The van der Waals surface area contributed by atoms with E-state index in [1.165, 1.54) is 38.3 Å². The number of urea groups is 1. The second-order valence-corrected chi connectivity index (χ2v) is 6.09. The first kappa shape index (κ1) is 22.1. The van der Waals surface area contributed by atoms with E-state index in [1.54, 1.807) is 12.1 Å². The third-order valence-electron chi connectivity index (χ3n) is 3.96. The van der Waals surface area contributed by atoms with Crippen molar-refractivity contribution in [1.29, 1.82) is 0 Å². The van der Waals surface area contributed by atoms with Crippen LogP contribution in [-0.4, -0.2) is 36.0 Å². The van der Waals surface area contributed by atoms with E-state index in [0.29, 0.717) is 5.56 Å². The lowest BCUT2D eigenvalue weighted by Crippen LogP contribution is -2.30. The summed E-state index contributed by atoms with van der Waals surface area (Å²) >= 11 is 0. The van der Waals surface area contributed by atoms with E-state index >= 15 is 0 Å². The first-order chi connectivity index (χ1) is 14.2. The minimum Gasteiger partial charge on any atom is -0.495 e. The number of carbonyl (C=O) groups is 3. The molecule has 2 aromatic rings. The van der Waals surface area contributed by atoms with Crippen molar-refractivity contribution in [3.05, 3.63) is 63.7 Å². The van der Waals surface area contributed by atoms with Crippen LogP contribution < -0.4 is 21.1 Å². The molecule has 0 bridgehead atoms. The summed E-state index contributed by atoms with van der Waals surface area (Å²) in [4.78, 5) is 45.6. The van der Waals surface area contributed by atoms with Crippen LogP contribution in [0.25, 0.3) is 0 Å². The van der Waals surface area contributed by atoms with Gasteiger partial charge in [-0.05, 0) is 30.7 Å². The lowest BCUT2D eigenvalue weighted by molar-refractivity contribution is -0.384. The van der Waals surface area contributed by atoms with Crippen LogP contribution in [0.15, 0.2) is 42.5 Å². The summed E-state index contributed by atoms with van der Waals surface area (Å²) in [5, 5.41) is 15.8. The average Bonchev–Trinajstić information content (AvgIpc) is 2.72. The number of nitrogens with two attached hydrogens (primary N) is 1. The van der Waals surface area contributed by atoms with Gasteiger partial charge in [0.05, 0.1) is 23.3 Å². The zero-order valence-corrected chi connectivity index (χ0v) is 16.2. The number of ether oxygens (including phenoxy) is 2. The van der Waals surface area contributed by atoms with E-state index in [2.05, 4.69) is 10.6 Å². The third-order valence-corrected chi connectivity index (χ3v) is 3.96. The Bertz CT molecular complexity index is 960. The number of nitrogens with zero attached hydrogens (tertiary/aromatic N) is 1. The van der Waals surface area contributed by atoms with Crippen molar-refractivity contribution in [3.63, 3.8) is 0 Å². The second kappa shape index (κ2) is 9.87. The number of nitro benzene ring substituents is 1. The van der Waals surface area contributed by atoms with E-state index in [1.807, 2.05) is 0 Å². The maximum atomic E-state index is 12.4. The van der Waals surface area contributed by atoms with Crippen LogP contribution in [-0.2, 0) is 16.1 Å². The maximum Gasteiger partial charge on any atom is 0.338 e. The predicted molar refractivity (Wildman–Crippen MR) is 106 cm³/mol. The Morgan fingerprint density at radius 3 is 2.40 bits per heavy atom. The van der Waals surface area contributed by atoms with Crippen molar-refractivity contribution < 1.29 is 28.8 Å². The van der Waals surface area contributed by atoms with Gasteiger partial charge in [-0.15, -0.1) is 0 Å². The van der Waals surface area contributed by atoms with Crippen LogP contribution in [0.2, 0.25) is 0 Å². The Morgan fingerprint density at radius 1 is 1.17 bits per heavy atom. The lowest BCUT2D eigenvalue weighted by Gasteiger charge is -2.15. The fraction of sp³-hybridized carbons (Fsp3) is 0.211.